The highest BCUT2D eigenvalue weighted by molar-refractivity contribution is 6.00. The Balaban J connectivity index is 1.38. The summed E-state index contributed by atoms with van der Waals surface area (Å²) < 4.78 is 5.82. The van der Waals surface area contributed by atoms with Crippen LogP contribution >= 0.6 is 0 Å². The number of benzene rings is 2. The summed E-state index contributed by atoms with van der Waals surface area (Å²) in [5.74, 6) is 2.25. The molecule has 1 aliphatic carbocycles. The number of nitrogens with zero attached hydrogens (tertiary/aromatic N) is 5. The lowest BCUT2D eigenvalue weighted by atomic mass is 9.84. The second-order valence-corrected chi connectivity index (χ2v) is 10.1. The van der Waals surface area contributed by atoms with Crippen LogP contribution in [0.5, 0.6) is 0 Å². The van der Waals surface area contributed by atoms with Gasteiger partial charge in [-0.25, -0.2) is 4.98 Å². The molecule has 0 unspecified atom stereocenters. The van der Waals surface area contributed by atoms with E-state index in [1.165, 1.54) is 11.8 Å². The summed E-state index contributed by atoms with van der Waals surface area (Å²) in [6.07, 6.45) is 7.11. The smallest absolute Gasteiger partial charge is 0.263 e. The first kappa shape index (κ1) is 23.0. The summed E-state index contributed by atoms with van der Waals surface area (Å²) in [5, 5.41) is 7.71. The van der Waals surface area contributed by atoms with Gasteiger partial charge in [0.2, 0.25) is 5.91 Å². The molecule has 1 amide bonds. The van der Waals surface area contributed by atoms with Crippen LogP contribution in [0.25, 0.3) is 33.1 Å². The number of rotatable bonds is 6. The molecule has 0 atom stereocenters. The van der Waals surface area contributed by atoms with Gasteiger partial charge >= 0.3 is 0 Å². The molecular weight excluding hydrogens is 450 g/mol. The summed E-state index contributed by atoms with van der Waals surface area (Å²) >= 11 is 0. The molecule has 1 saturated carbocycles. The van der Waals surface area contributed by atoms with Crippen LogP contribution in [-0.2, 0) is 11.2 Å². The predicted molar refractivity (Wildman–Crippen MR) is 142 cm³/mol. The number of carbonyl (C=O) groups is 1. The number of hydrogen-bond acceptors (Lipinski definition) is 6. The molecule has 2 aromatic heterocycles. The van der Waals surface area contributed by atoms with Crippen molar-refractivity contribution >= 4 is 33.6 Å². The largest absolute Gasteiger partial charge is 0.354 e. The molecule has 7 nitrogen and oxygen atoms in total. The van der Waals surface area contributed by atoms with E-state index in [1.807, 2.05) is 0 Å². The van der Waals surface area contributed by atoms with E-state index in [2.05, 4.69) is 64.3 Å². The van der Waals surface area contributed by atoms with Crippen molar-refractivity contribution in [3.63, 3.8) is 0 Å². The molecule has 2 aromatic carbocycles. The zero-order valence-corrected chi connectivity index (χ0v) is 20.9. The average molecular weight is 484 g/mol. The first-order valence-electron chi connectivity index (χ1n) is 13.4. The third-order valence-electron chi connectivity index (χ3n) is 7.70. The van der Waals surface area contributed by atoms with E-state index in [0.717, 1.165) is 98.4 Å². The standard InChI is InChI=1S/C29H33N5O2/c1-2-3-12-24-30-27(33-15-7-16-34(18-17-33)29(35)21-10-6-11-21)25-26(32-36-28(25)31-24)23-14-13-20-8-4-5-9-22(20)19-23/h4-5,8-9,13-14,19,21H,2-3,6-7,10-12,15-18H2,1H3. The molecule has 0 radical (unpaired) electrons. The monoisotopic (exact) mass is 483 g/mol. The van der Waals surface area contributed by atoms with E-state index in [0.29, 0.717) is 11.6 Å². The lowest BCUT2D eigenvalue weighted by Gasteiger charge is -2.31. The van der Waals surface area contributed by atoms with Crippen LogP contribution < -0.4 is 4.90 Å². The Bertz CT molecular complexity index is 1390. The minimum Gasteiger partial charge on any atom is -0.354 e. The van der Waals surface area contributed by atoms with Crippen molar-refractivity contribution in [2.45, 2.75) is 51.9 Å². The third kappa shape index (κ3) is 4.31. The number of unbranched alkanes of at least 4 members (excludes halogenated alkanes) is 1. The summed E-state index contributed by atoms with van der Waals surface area (Å²) in [7, 11) is 0. The molecule has 36 heavy (non-hydrogen) atoms. The van der Waals surface area contributed by atoms with E-state index < -0.39 is 0 Å². The van der Waals surface area contributed by atoms with E-state index in [-0.39, 0.29) is 5.92 Å². The van der Waals surface area contributed by atoms with E-state index >= 15 is 0 Å². The summed E-state index contributed by atoms with van der Waals surface area (Å²) in [6.45, 7) is 5.30. The second kappa shape index (κ2) is 9.88. The van der Waals surface area contributed by atoms with Gasteiger partial charge in [-0.15, -0.1) is 0 Å². The van der Waals surface area contributed by atoms with Gasteiger partial charge in [-0.2, -0.15) is 4.98 Å². The average Bonchev–Trinajstić information content (AvgIpc) is 3.14. The topological polar surface area (TPSA) is 75.4 Å². The third-order valence-corrected chi connectivity index (χ3v) is 7.70. The van der Waals surface area contributed by atoms with Crippen molar-refractivity contribution in [2.75, 3.05) is 31.1 Å². The molecule has 7 heteroatoms. The van der Waals surface area contributed by atoms with E-state index in [1.54, 1.807) is 0 Å². The maximum Gasteiger partial charge on any atom is 0.263 e. The molecule has 1 aliphatic heterocycles. The second-order valence-electron chi connectivity index (χ2n) is 10.1. The summed E-state index contributed by atoms with van der Waals surface area (Å²) in [6, 6.07) is 14.7. The van der Waals surface area contributed by atoms with Gasteiger partial charge in [-0.05, 0) is 42.5 Å². The zero-order chi connectivity index (χ0) is 24.5. The maximum absolute atomic E-state index is 12.9. The van der Waals surface area contributed by atoms with Crippen LogP contribution in [0.3, 0.4) is 0 Å². The number of aromatic nitrogens is 3. The fourth-order valence-electron chi connectivity index (χ4n) is 5.35. The Labute approximate surface area is 211 Å². The van der Waals surface area contributed by atoms with Crippen molar-refractivity contribution in [3.8, 4) is 11.3 Å². The number of aryl methyl sites for hydroxylation is 1. The molecule has 0 spiro atoms. The quantitative estimate of drug-likeness (QED) is 0.354. The lowest BCUT2D eigenvalue weighted by molar-refractivity contribution is -0.137. The Morgan fingerprint density at radius 3 is 2.67 bits per heavy atom. The first-order chi connectivity index (χ1) is 17.7. The minimum absolute atomic E-state index is 0.237. The number of amides is 1. The fourth-order valence-corrected chi connectivity index (χ4v) is 5.35. The lowest BCUT2D eigenvalue weighted by Crippen LogP contribution is -2.41. The van der Waals surface area contributed by atoms with Gasteiger partial charge in [-0.3, -0.25) is 4.79 Å². The van der Waals surface area contributed by atoms with Gasteiger partial charge < -0.3 is 14.3 Å². The van der Waals surface area contributed by atoms with Crippen molar-refractivity contribution < 1.29 is 9.32 Å². The Hall–Kier alpha value is -3.48. The summed E-state index contributed by atoms with van der Waals surface area (Å²) in [5.41, 5.74) is 2.32. The van der Waals surface area contributed by atoms with Crippen LogP contribution in [0, 0.1) is 5.92 Å². The van der Waals surface area contributed by atoms with Gasteiger partial charge in [0.05, 0.1) is 0 Å². The van der Waals surface area contributed by atoms with Crippen LogP contribution in [0.1, 0.15) is 51.3 Å². The highest BCUT2D eigenvalue weighted by atomic mass is 16.5. The van der Waals surface area contributed by atoms with Crippen molar-refractivity contribution in [1.29, 1.82) is 0 Å². The van der Waals surface area contributed by atoms with Crippen LogP contribution in [-0.4, -0.2) is 52.1 Å². The van der Waals surface area contributed by atoms with Gasteiger partial charge in [0.1, 0.15) is 22.7 Å². The molecule has 4 aromatic rings. The zero-order valence-electron chi connectivity index (χ0n) is 20.9. The molecule has 3 heterocycles. The highest BCUT2D eigenvalue weighted by Crippen LogP contribution is 2.36. The van der Waals surface area contributed by atoms with Gasteiger partial charge in [0.25, 0.3) is 5.71 Å². The number of hydrogen-bond donors (Lipinski definition) is 0. The SMILES string of the molecule is CCCCc1nc(N2CCCN(C(=O)C3CCC3)CC2)c2c(-c3ccc4ccccc4c3)noc2n1. The van der Waals surface area contributed by atoms with Crippen LogP contribution in [0.4, 0.5) is 5.82 Å². The molecule has 1 saturated heterocycles. The van der Waals surface area contributed by atoms with Crippen molar-refractivity contribution in [3.05, 3.63) is 48.3 Å². The molecule has 2 fully saturated rings. The van der Waals surface area contributed by atoms with Gasteiger partial charge in [-0.1, -0.05) is 61.3 Å². The fraction of sp³-hybridized carbons (Fsp3) is 0.448. The van der Waals surface area contributed by atoms with Crippen LogP contribution in [0.15, 0.2) is 47.0 Å². The predicted octanol–water partition coefficient (Wildman–Crippen LogP) is 5.62. The molecule has 0 bridgehead atoms. The van der Waals surface area contributed by atoms with Crippen molar-refractivity contribution in [1.82, 2.24) is 20.0 Å². The highest BCUT2D eigenvalue weighted by Gasteiger charge is 2.31. The van der Waals surface area contributed by atoms with Gasteiger partial charge in [0.15, 0.2) is 0 Å². The molecule has 0 N–H and O–H groups in total. The van der Waals surface area contributed by atoms with Crippen LogP contribution in [0.2, 0.25) is 0 Å². The number of fused-ring (bicyclic) bond motifs is 2. The Morgan fingerprint density at radius 2 is 1.86 bits per heavy atom. The molecular formula is C29H33N5O2. The first-order valence-corrected chi connectivity index (χ1v) is 13.4. The Kier molecular flexibility index (Phi) is 6.30. The van der Waals surface area contributed by atoms with Crippen molar-refractivity contribution in [2.24, 2.45) is 5.92 Å². The number of carbonyl (C=O) groups excluding carboxylic acids is 1. The normalized spacial score (nSPS) is 16.9. The Morgan fingerprint density at radius 1 is 1.00 bits per heavy atom. The molecule has 2 aliphatic rings. The van der Waals surface area contributed by atoms with E-state index in [9.17, 15) is 4.79 Å². The maximum atomic E-state index is 12.9. The van der Waals surface area contributed by atoms with E-state index in [4.69, 9.17) is 14.5 Å². The number of anilines is 1. The van der Waals surface area contributed by atoms with Gasteiger partial charge in [0, 0.05) is 44.1 Å². The minimum atomic E-state index is 0.237. The molecule has 6 rings (SSSR count). The summed E-state index contributed by atoms with van der Waals surface area (Å²) in [4.78, 5) is 27.1. The molecule has 186 valence electrons.